The largest absolute Gasteiger partial charge is 0.361 e. The van der Waals surface area contributed by atoms with Crippen LogP contribution in [0.25, 0.3) is 10.9 Å². The van der Waals surface area contributed by atoms with Crippen LogP contribution in [0.5, 0.6) is 0 Å². The van der Waals surface area contributed by atoms with Gasteiger partial charge < -0.3 is 20.1 Å². The summed E-state index contributed by atoms with van der Waals surface area (Å²) in [5.74, 6) is 0.553. The molecule has 1 aliphatic carbocycles. The van der Waals surface area contributed by atoms with E-state index in [1.807, 2.05) is 0 Å². The average Bonchev–Trinajstić information content (AvgIpc) is 3.39. The fourth-order valence-electron chi connectivity index (χ4n) is 5.34. The van der Waals surface area contributed by atoms with E-state index in [2.05, 4.69) is 62.6 Å². The molecule has 0 radical (unpaired) electrons. The minimum atomic E-state index is 0.0296. The topological polar surface area (TPSA) is 64.3 Å². The van der Waals surface area contributed by atoms with Crippen LogP contribution in [0.4, 0.5) is 5.13 Å². The van der Waals surface area contributed by atoms with E-state index in [0.29, 0.717) is 5.92 Å². The minimum Gasteiger partial charge on any atom is -0.361 e. The first-order chi connectivity index (χ1) is 16.2. The van der Waals surface area contributed by atoms with Crippen LogP contribution in [-0.2, 0) is 6.42 Å². The summed E-state index contributed by atoms with van der Waals surface area (Å²) < 4.78 is 0. The van der Waals surface area contributed by atoms with Crippen LogP contribution >= 0.6 is 11.3 Å². The Kier molecular flexibility index (Phi) is 6.97. The summed E-state index contributed by atoms with van der Waals surface area (Å²) in [4.78, 5) is 26.7. The number of amides is 1. The highest BCUT2D eigenvalue weighted by Crippen LogP contribution is 2.30. The van der Waals surface area contributed by atoms with E-state index < -0.39 is 0 Å². The molecule has 2 N–H and O–H groups in total. The Morgan fingerprint density at radius 1 is 1.15 bits per heavy atom. The number of hydrogen-bond acceptors (Lipinski definition) is 5. The molecule has 1 aliphatic heterocycles. The zero-order chi connectivity index (χ0) is 22.6. The van der Waals surface area contributed by atoms with Crippen molar-refractivity contribution in [1.29, 1.82) is 0 Å². The van der Waals surface area contributed by atoms with Crippen LogP contribution in [0.15, 0.2) is 36.7 Å². The molecule has 1 atom stereocenters. The van der Waals surface area contributed by atoms with E-state index in [4.69, 9.17) is 0 Å². The first-order valence-electron chi connectivity index (χ1n) is 12.4. The van der Waals surface area contributed by atoms with E-state index in [0.717, 1.165) is 48.1 Å². The van der Waals surface area contributed by atoms with E-state index in [9.17, 15) is 4.79 Å². The number of nitrogens with one attached hydrogen (secondary N) is 2. The van der Waals surface area contributed by atoms with Crippen molar-refractivity contribution < 1.29 is 4.79 Å². The molecular weight excluding hydrogens is 430 g/mol. The Bertz CT molecular complexity index is 1060. The molecular formula is C26H35N5OS. The predicted molar refractivity (Wildman–Crippen MR) is 136 cm³/mol. The van der Waals surface area contributed by atoms with Crippen LogP contribution < -0.4 is 10.2 Å². The van der Waals surface area contributed by atoms with Gasteiger partial charge in [-0.2, -0.15) is 0 Å². The molecule has 6 nitrogen and oxygen atoms in total. The van der Waals surface area contributed by atoms with Gasteiger partial charge in [-0.15, -0.1) is 0 Å². The van der Waals surface area contributed by atoms with Crippen molar-refractivity contribution >= 4 is 33.3 Å². The number of rotatable bonds is 6. The van der Waals surface area contributed by atoms with E-state index in [-0.39, 0.29) is 11.9 Å². The summed E-state index contributed by atoms with van der Waals surface area (Å²) in [7, 11) is 2.15. The van der Waals surface area contributed by atoms with Gasteiger partial charge in [-0.1, -0.05) is 55.2 Å². The fraction of sp³-hybridized carbons (Fsp3) is 0.538. The molecule has 0 bridgehead atoms. The van der Waals surface area contributed by atoms with Gasteiger partial charge in [0, 0.05) is 49.3 Å². The van der Waals surface area contributed by atoms with E-state index in [1.165, 1.54) is 60.8 Å². The molecule has 1 amide bonds. The average molecular weight is 466 g/mol. The number of piperazine rings is 1. The lowest BCUT2D eigenvalue weighted by Crippen LogP contribution is -2.44. The van der Waals surface area contributed by atoms with Gasteiger partial charge in [0.05, 0.1) is 6.20 Å². The van der Waals surface area contributed by atoms with E-state index in [1.54, 1.807) is 6.20 Å². The standard InChI is InChI=1S/C26H35N5OS/c1-30-12-14-31(15-13-30)26-28-18-24(33-26)25(32)29-23(19-8-4-2-3-5-9-19)16-20-17-27-22-11-7-6-10-21(20)22/h6-7,10-11,17-19,23,27H,2-5,8-9,12-16H2,1H3,(H,29,32). The van der Waals surface area contributed by atoms with Gasteiger partial charge in [-0.25, -0.2) is 4.98 Å². The van der Waals surface area contributed by atoms with Crippen LogP contribution in [0.2, 0.25) is 0 Å². The number of benzene rings is 1. The molecule has 2 fully saturated rings. The van der Waals surface area contributed by atoms with Crippen molar-refractivity contribution in [2.75, 3.05) is 38.1 Å². The Morgan fingerprint density at radius 3 is 2.70 bits per heavy atom. The number of anilines is 1. The maximum atomic E-state index is 13.3. The highest BCUT2D eigenvalue weighted by molar-refractivity contribution is 7.17. The molecule has 0 spiro atoms. The maximum absolute atomic E-state index is 13.3. The number of aromatic nitrogens is 2. The fourth-order valence-corrected chi connectivity index (χ4v) is 6.21. The molecule has 7 heteroatoms. The van der Waals surface area contributed by atoms with Crippen molar-refractivity contribution in [3.05, 3.63) is 47.1 Å². The van der Waals surface area contributed by atoms with Crippen LogP contribution in [0.1, 0.15) is 53.8 Å². The molecule has 176 valence electrons. The van der Waals surface area contributed by atoms with Gasteiger partial charge in [0.15, 0.2) is 5.13 Å². The minimum absolute atomic E-state index is 0.0296. The van der Waals surface area contributed by atoms with Crippen molar-refractivity contribution in [3.8, 4) is 0 Å². The first-order valence-corrected chi connectivity index (χ1v) is 13.2. The summed E-state index contributed by atoms with van der Waals surface area (Å²) in [6.07, 6.45) is 12.3. The first kappa shape index (κ1) is 22.4. The Hall–Kier alpha value is -2.38. The van der Waals surface area contributed by atoms with Crippen molar-refractivity contribution in [3.63, 3.8) is 0 Å². The number of fused-ring (bicyclic) bond motifs is 1. The number of H-pyrrole nitrogens is 1. The number of hydrogen-bond donors (Lipinski definition) is 2. The zero-order valence-corrected chi connectivity index (χ0v) is 20.4. The molecule has 3 aromatic rings. The Labute approximate surface area is 200 Å². The second-order valence-corrected chi connectivity index (χ2v) is 10.7. The van der Waals surface area contributed by atoms with Crippen LogP contribution in [-0.4, -0.2) is 60.0 Å². The summed E-state index contributed by atoms with van der Waals surface area (Å²) in [6.45, 7) is 4.01. The third-order valence-electron chi connectivity index (χ3n) is 7.39. The summed E-state index contributed by atoms with van der Waals surface area (Å²) in [6, 6.07) is 8.60. The lowest BCUT2D eigenvalue weighted by atomic mass is 9.87. The molecule has 1 saturated heterocycles. The Morgan fingerprint density at radius 2 is 1.91 bits per heavy atom. The number of carbonyl (C=O) groups excluding carboxylic acids is 1. The molecule has 33 heavy (non-hydrogen) atoms. The maximum Gasteiger partial charge on any atom is 0.263 e. The normalized spacial score (nSPS) is 19.5. The number of nitrogens with zero attached hydrogens (tertiary/aromatic N) is 3. The molecule has 3 heterocycles. The second kappa shape index (κ2) is 10.3. The number of aromatic amines is 1. The SMILES string of the molecule is CN1CCN(c2ncc(C(=O)NC(Cc3c[nH]c4ccccc34)C3CCCCCC3)s2)CC1. The molecule has 2 aliphatic rings. The van der Waals surface area contributed by atoms with Crippen molar-refractivity contribution in [2.45, 2.75) is 51.0 Å². The zero-order valence-electron chi connectivity index (χ0n) is 19.6. The summed E-state index contributed by atoms with van der Waals surface area (Å²) in [5, 5.41) is 5.68. The Balaban J connectivity index is 1.32. The summed E-state index contributed by atoms with van der Waals surface area (Å²) >= 11 is 1.53. The van der Waals surface area contributed by atoms with Gasteiger partial charge in [-0.05, 0) is 43.9 Å². The van der Waals surface area contributed by atoms with Gasteiger partial charge in [0.1, 0.15) is 4.88 Å². The third-order valence-corrected chi connectivity index (χ3v) is 8.45. The third kappa shape index (κ3) is 5.25. The second-order valence-electron chi connectivity index (χ2n) is 9.69. The predicted octanol–water partition coefficient (Wildman–Crippen LogP) is 4.69. The molecule has 5 rings (SSSR count). The number of para-hydroxylation sites is 1. The highest BCUT2D eigenvalue weighted by Gasteiger charge is 2.27. The lowest BCUT2D eigenvalue weighted by molar-refractivity contribution is 0.0922. The monoisotopic (exact) mass is 465 g/mol. The number of likely N-dealkylation sites (N-methyl/N-ethyl adjacent to an activating group) is 1. The van der Waals surface area contributed by atoms with Gasteiger partial charge >= 0.3 is 0 Å². The molecule has 1 aromatic carbocycles. The lowest BCUT2D eigenvalue weighted by Gasteiger charge is -2.32. The van der Waals surface area contributed by atoms with Crippen LogP contribution in [0, 0.1) is 5.92 Å². The number of carbonyl (C=O) groups is 1. The molecule has 2 aromatic heterocycles. The van der Waals surface area contributed by atoms with Gasteiger partial charge in [-0.3, -0.25) is 4.79 Å². The van der Waals surface area contributed by atoms with Gasteiger partial charge in [0.2, 0.25) is 0 Å². The van der Waals surface area contributed by atoms with Gasteiger partial charge in [0.25, 0.3) is 5.91 Å². The quantitative estimate of drug-likeness (QED) is 0.519. The highest BCUT2D eigenvalue weighted by atomic mass is 32.1. The van der Waals surface area contributed by atoms with E-state index >= 15 is 0 Å². The molecule has 1 unspecified atom stereocenters. The number of thiazole rings is 1. The van der Waals surface area contributed by atoms with Crippen molar-refractivity contribution in [2.24, 2.45) is 5.92 Å². The molecule has 1 saturated carbocycles. The van der Waals surface area contributed by atoms with Crippen LogP contribution in [0.3, 0.4) is 0 Å². The summed E-state index contributed by atoms with van der Waals surface area (Å²) in [5.41, 5.74) is 2.46. The van der Waals surface area contributed by atoms with Crippen molar-refractivity contribution in [1.82, 2.24) is 20.2 Å². The smallest absolute Gasteiger partial charge is 0.263 e.